The zero-order chi connectivity index (χ0) is 18.1. The van der Waals surface area contributed by atoms with Gasteiger partial charge in [0.2, 0.25) is 0 Å². The summed E-state index contributed by atoms with van der Waals surface area (Å²) in [6.45, 7) is 5.32. The van der Waals surface area contributed by atoms with Crippen molar-refractivity contribution >= 4 is 22.5 Å². The minimum atomic E-state index is 0.103. The Morgan fingerprint density at radius 1 is 1.19 bits per heavy atom. The number of halogens is 1. The van der Waals surface area contributed by atoms with Gasteiger partial charge in [-0.1, -0.05) is 48.9 Å². The van der Waals surface area contributed by atoms with E-state index in [-0.39, 0.29) is 5.43 Å². The predicted molar refractivity (Wildman–Crippen MR) is 108 cm³/mol. The molecule has 2 heterocycles. The Labute approximate surface area is 158 Å². The Hall–Kier alpha value is -2.10. The molecule has 1 saturated heterocycles. The van der Waals surface area contributed by atoms with Gasteiger partial charge in [-0.2, -0.15) is 0 Å². The summed E-state index contributed by atoms with van der Waals surface area (Å²) in [6, 6.07) is 15.6. The number of rotatable bonds is 3. The van der Waals surface area contributed by atoms with Crippen LogP contribution >= 0.6 is 11.6 Å². The molecule has 4 rings (SSSR count). The van der Waals surface area contributed by atoms with Crippen molar-refractivity contribution in [3.63, 3.8) is 0 Å². The van der Waals surface area contributed by atoms with Crippen molar-refractivity contribution in [1.82, 2.24) is 4.98 Å². The topological polar surface area (TPSA) is 37.3 Å². The monoisotopic (exact) mass is 367 g/mol. The molecule has 0 bridgehead atoms. The summed E-state index contributed by atoms with van der Waals surface area (Å²) in [5.41, 5.74) is 3.81. The highest BCUT2D eigenvalue weighted by atomic mass is 35.5. The van der Waals surface area contributed by atoms with Gasteiger partial charge in [0.1, 0.15) is 6.54 Å². The number of piperidine rings is 1. The molecule has 1 aliphatic heterocycles. The molecule has 1 fully saturated rings. The lowest BCUT2D eigenvalue weighted by atomic mass is 9.98. The van der Waals surface area contributed by atoms with Gasteiger partial charge >= 0.3 is 0 Å². The van der Waals surface area contributed by atoms with Gasteiger partial charge in [-0.3, -0.25) is 4.79 Å². The number of hydrogen-bond acceptors (Lipinski definition) is 1. The van der Waals surface area contributed by atoms with Crippen LogP contribution in [-0.4, -0.2) is 18.1 Å². The first-order valence-corrected chi connectivity index (χ1v) is 9.73. The fourth-order valence-electron chi connectivity index (χ4n) is 4.13. The van der Waals surface area contributed by atoms with Gasteiger partial charge in [-0.25, -0.2) is 0 Å². The Kier molecular flexibility index (Phi) is 4.84. The number of pyridine rings is 1. The van der Waals surface area contributed by atoms with Crippen LogP contribution in [0.25, 0.3) is 22.2 Å². The first kappa shape index (κ1) is 17.3. The van der Waals surface area contributed by atoms with Crippen molar-refractivity contribution in [2.75, 3.05) is 13.1 Å². The molecule has 1 unspecified atom stereocenters. The summed E-state index contributed by atoms with van der Waals surface area (Å²) in [5, 5.41) is 1.27. The van der Waals surface area contributed by atoms with Crippen LogP contribution in [0.1, 0.15) is 25.3 Å². The van der Waals surface area contributed by atoms with Crippen LogP contribution in [-0.2, 0) is 6.54 Å². The maximum Gasteiger partial charge on any atom is 0.198 e. The summed E-state index contributed by atoms with van der Waals surface area (Å²) in [5.74, 6) is 0.716. The largest absolute Gasteiger partial charge is 0.354 e. The first-order valence-electron chi connectivity index (χ1n) is 9.35. The van der Waals surface area contributed by atoms with Gasteiger partial charge in [0.25, 0.3) is 0 Å². The minimum absolute atomic E-state index is 0.103. The lowest BCUT2D eigenvalue weighted by molar-refractivity contribution is -0.922. The van der Waals surface area contributed by atoms with E-state index < -0.39 is 0 Å². The van der Waals surface area contributed by atoms with Crippen molar-refractivity contribution in [3.05, 3.63) is 69.3 Å². The molecule has 0 amide bonds. The van der Waals surface area contributed by atoms with Gasteiger partial charge in [0, 0.05) is 21.8 Å². The van der Waals surface area contributed by atoms with E-state index >= 15 is 0 Å². The van der Waals surface area contributed by atoms with E-state index in [1.165, 1.54) is 17.7 Å². The van der Waals surface area contributed by atoms with Crippen molar-refractivity contribution in [1.29, 1.82) is 0 Å². The Balaban J connectivity index is 1.87. The summed E-state index contributed by atoms with van der Waals surface area (Å²) in [4.78, 5) is 18.3. The lowest BCUT2D eigenvalue weighted by Gasteiger charge is -2.28. The number of benzene rings is 2. The van der Waals surface area contributed by atoms with E-state index in [2.05, 4.69) is 24.0 Å². The summed E-state index contributed by atoms with van der Waals surface area (Å²) in [7, 11) is 0. The van der Waals surface area contributed by atoms with E-state index in [4.69, 9.17) is 11.6 Å². The molecule has 26 heavy (non-hydrogen) atoms. The average Bonchev–Trinajstić information content (AvgIpc) is 2.65. The van der Waals surface area contributed by atoms with Crippen LogP contribution in [0.15, 0.2) is 53.3 Å². The third-order valence-corrected chi connectivity index (χ3v) is 5.65. The molecule has 0 radical (unpaired) electrons. The smallest absolute Gasteiger partial charge is 0.198 e. The molecule has 0 spiro atoms. The Morgan fingerprint density at radius 3 is 2.77 bits per heavy atom. The second-order valence-corrected chi connectivity index (χ2v) is 7.93. The molecule has 3 nitrogen and oxygen atoms in total. The quantitative estimate of drug-likeness (QED) is 0.728. The van der Waals surface area contributed by atoms with Crippen LogP contribution in [0.2, 0.25) is 5.02 Å². The highest BCUT2D eigenvalue weighted by molar-refractivity contribution is 6.31. The second kappa shape index (κ2) is 7.26. The second-order valence-electron chi connectivity index (χ2n) is 7.49. The van der Waals surface area contributed by atoms with Gasteiger partial charge in [0.15, 0.2) is 5.43 Å². The number of aromatic nitrogens is 1. The zero-order valence-electron chi connectivity index (χ0n) is 15.0. The molecule has 2 atom stereocenters. The third kappa shape index (κ3) is 3.42. The standard InChI is InChI=1S/C22H23ClN2O/c1-15-6-5-11-25(13-15)14-19-21(16-7-3-2-4-8-16)24-20-10-9-17(23)12-18(20)22(19)26/h2-4,7-10,12,15H,5-6,11,13-14H2,1H3,(H,24,26)/p+1/t15-/m0/s1. The average molecular weight is 368 g/mol. The van der Waals surface area contributed by atoms with Gasteiger partial charge < -0.3 is 9.88 Å². The molecule has 4 heteroatoms. The van der Waals surface area contributed by atoms with E-state index in [1.54, 1.807) is 6.07 Å². The van der Waals surface area contributed by atoms with E-state index in [9.17, 15) is 4.79 Å². The molecular formula is C22H24ClN2O+. The third-order valence-electron chi connectivity index (χ3n) is 5.42. The number of quaternary nitrogens is 1. The Morgan fingerprint density at radius 2 is 2.00 bits per heavy atom. The molecule has 3 aromatic rings. The normalized spacial score (nSPS) is 20.4. The molecule has 134 valence electrons. The van der Waals surface area contributed by atoms with Crippen LogP contribution in [0.3, 0.4) is 0 Å². The van der Waals surface area contributed by atoms with Crippen LogP contribution in [0, 0.1) is 5.92 Å². The number of H-pyrrole nitrogens is 1. The number of fused-ring (bicyclic) bond motifs is 1. The van der Waals surface area contributed by atoms with Crippen LogP contribution in [0.4, 0.5) is 0 Å². The number of nitrogens with one attached hydrogen (secondary N) is 2. The molecule has 2 N–H and O–H groups in total. The summed E-state index contributed by atoms with van der Waals surface area (Å²) < 4.78 is 0. The van der Waals surface area contributed by atoms with Crippen LogP contribution < -0.4 is 10.3 Å². The highest BCUT2D eigenvalue weighted by Crippen LogP contribution is 2.24. The fourth-order valence-corrected chi connectivity index (χ4v) is 4.30. The Bertz CT molecular complexity index is 981. The fraction of sp³-hybridized carbons (Fsp3) is 0.318. The molecule has 0 aliphatic carbocycles. The van der Waals surface area contributed by atoms with Gasteiger partial charge in [0.05, 0.1) is 24.3 Å². The maximum atomic E-state index is 13.3. The molecule has 2 aromatic carbocycles. The van der Waals surface area contributed by atoms with E-state index in [0.29, 0.717) is 16.3 Å². The number of likely N-dealkylation sites (tertiary alicyclic amines) is 1. The van der Waals surface area contributed by atoms with Crippen molar-refractivity contribution in [2.24, 2.45) is 5.92 Å². The van der Waals surface area contributed by atoms with E-state index in [1.807, 2.05) is 30.3 Å². The lowest BCUT2D eigenvalue weighted by Crippen LogP contribution is -3.12. The molecule has 0 saturated carbocycles. The minimum Gasteiger partial charge on any atom is -0.354 e. The van der Waals surface area contributed by atoms with Gasteiger partial charge in [-0.05, 0) is 36.6 Å². The highest BCUT2D eigenvalue weighted by Gasteiger charge is 2.23. The maximum absolute atomic E-state index is 13.3. The summed E-state index contributed by atoms with van der Waals surface area (Å²) >= 11 is 6.15. The van der Waals surface area contributed by atoms with Crippen molar-refractivity contribution in [3.8, 4) is 11.3 Å². The van der Waals surface area contributed by atoms with E-state index in [0.717, 1.165) is 42.0 Å². The SMILES string of the molecule is C[C@H]1CCC[NH+](Cc2c(-c3ccccc3)[nH]c3ccc(Cl)cc3c2=O)C1. The molecule has 1 aromatic heterocycles. The van der Waals surface area contributed by atoms with Crippen molar-refractivity contribution in [2.45, 2.75) is 26.3 Å². The first-order chi connectivity index (χ1) is 12.6. The number of hydrogen-bond donors (Lipinski definition) is 2. The number of aromatic amines is 1. The predicted octanol–water partition coefficient (Wildman–Crippen LogP) is 3.66. The van der Waals surface area contributed by atoms with Crippen molar-refractivity contribution < 1.29 is 4.90 Å². The molecular weight excluding hydrogens is 344 g/mol. The summed E-state index contributed by atoms with van der Waals surface area (Å²) in [6.07, 6.45) is 2.52. The molecule has 1 aliphatic rings. The van der Waals surface area contributed by atoms with Crippen LogP contribution in [0.5, 0.6) is 0 Å². The van der Waals surface area contributed by atoms with Gasteiger partial charge in [-0.15, -0.1) is 0 Å². The zero-order valence-corrected chi connectivity index (χ0v) is 15.8.